The minimum absolute atomic E-state index is 0.156. The Balaban J connectivity index is 1.93. The Bertz CT molecular complexity index is 583. The average Bonchev–Trinajstić information content (AvgIpc) is 3.26. The maximum atomic E-state index is 13.7. The van der Waals surface area contributed by atoms with Gasteiger partial charge in [0.1, 0.15) is 5.82 Å². The summed E-state index contributed by atoms with van der Waals surface area (Å²) in [5.74, 6) is -0.230. The molecule has 0 radical (unpaired) electrons. The van der Waals surface area contributed by atoms with E-state index in [9.17, 15) is 4.39 Å². The molecular weight excluding hydrogens is 243 g/mol. The topological polar surface area (TPSA) is 36.4 Å². The molecule has 0 unspecified atom stereocenters. The maximum absolute atomic E-state index is 13.7. The molecule has 19 heavy (non-hydrogen) atoms. The van der Waals surface area contributed by atoms with Crippen molar-refractivity contribution in [3.63, 3.8) is 0 Å². The Morgan fingerprint density at radius 3 is 2.89 bits per heavy atom. The van der Waals surface area contributed by atoms with Gasteiger partial charge in [0.2, 0.25) is 0 Å². The fourth-order valence-corrected chi connectivity index (χ4v) is 2.50. The van der Waals surface area contributed by atoms with Gasteiger partial charge in [-0.25, -0.2) is 4.39 Å². The van der Waals surface area contributed by atoms with Gasteiger partial charge in [0.05, 0.1) is 12.1 Å². The van der Waals surface area contributed by atoms with Crippen LogP contribution in [0.25, 0.3) is 10.9 Å². The normalized spacial score (nSPS) is 15.3. The summed E-state index contributed by atoms with van der Waals surface area (Å²) in [6, 6.07) is 7.38. The molecule has 0 saturated heterocycles. The van der Waals surface area contributed by atoms with Crippen LogP contribution in [0.15, 0.2) is 30.5 Å². The summed E-state index contributed by atoms with van der Waals surface area (Å²) in [6.45, 7) is 1.54. The number of aliphatic hydroxyl groups is 1. The number of hydrogen-bond acceptors (Lipinski definition) is 3. The second-order valence-electron chi connectivity index (χ2n) is 5.03. The lowest BCUT2D eigenvalue weighted by Crippen LogP contribution is -2.28. The summed E-state index contributed by atoms with van der Waals surface area (Å²) in [7, 11) is 0. The fraction of sp³-hybridized carbons (Fsp3) is 0.400. The quantitative estimate of drug-likeness (QED) is 0.896. The maximum Gasteiger partial charge on any atom is 0.132 e. The van der Waals surface area contributed by atoms with Crippen LogP contribution in [0.4, 0.5) is 4.39 Å². The van der Waals surface area contributed by atoms with Gasteiger partial charge in [0.25, 0.3) is 0 Å². The highest BCUT2D eigenvalue weighted by molar-refractivity contribution is 5.82. The largest absolute Gasteiger partial charge is 0.395 e. The van der Waals surface area contributed by atoms with Crippen molar-refractivity contribution >= 4 is 10.9 Å². The first-order valence-corrected chi connectivity index (χ1v) is 6.66. The first-order valence-electron chi connectivity index (χ1n) is 6.66. The van der Waals surface area contributed by atoms with Crippen molar-refractivity contribution in [3.05, 3.63) is 41.8 Å². The predicted molar refractivity (Wildman–Crippen MR) is 72.2 cm³/mol. The standard InChI is InChI=1S/C15H17FN2O/c16-14-6-3-11(15-13(14)2-1-7-17-15)10-18(8-9-19)12-4-5-12/h1-3,6-7,12,19H,4-5,8-10H2. The number of hydrogen-bond donors (Lipinski definition) is 1. The van der Waals surface area contributed by atoms with E-state index in [2.05, 4.69) is 9.88 Å². The van der Waals surface area contributed by atoms with E-state index in [0.717, 1.165) is 17.6 Å². The van der Waals surface area contributed by atoms with Gasteiger partial charge >= 0.3 is 0 Å². The van der Waals surface area contributed by atoms with Crippen molar-refractivity contribution in [2.75, 3.05) is 13.2 Å². The van der Waals surface area contributed by atoms with Gasteiger partial charge < -0.3 is 5.11 Å². The minimum Gasteiger partial charge on any atom is -0.395 e. The molecule has 1 saturated carbocycles. The van der Waals surface area contributed by atoms with E-state index in [1.807, 2.05) is 0 Å². The van der Waals surface area contributed by atoms with Crippen molar-refractivity contribution in [1.82, 2.24) is 9.88 Å². The van der Waals surface area contributed by atoms with Crippen molar-refractivity contribution in [2.24, 2.45) is 0 Å². The monoisotopic (exact) mass is 260 g/mol. The minimum atomic E-state index is -0.230. The van der Waals surface area contributed by atoms with Crippen LogP contribution in [-0.2, 0) is 6.54 Å². The van der Waals surface area contributed by atoms with Gasteiger partial charge in [0.15, 0.2) is 0 Å². The van der Waals surface area contributed by atoms with Gasteiger partial charge in [-0.1, -0.05) is 6.07 Å². The molecule has 1 heterocycles. The van der Waals surface area contributed by atoms with Crippen LogP contribution < -0.4 is 0 Å². The number of benzene rings is 1. The molecule has 0 aliphatic heterocycles. The van der Waals surface area contributed by atoms with E-state index in [4.69, 9.17) is 5.11 Å². The zero-order valence-electron chi connectivity index (χ0n) is 10.7. The highest BCUT2D eigenvalue weighted by atomic mass is 19.1. The zero-order chi connectivity index (χ0) is 13.2. The molecule has 1 aromatic heterocycles. The van der Waals surface area contributed by atoms with Crippen LogP contribution in [0, 0.1) is 5.82 Å². The third-order valence-electron chi connectivity index (χ3n) is 3.62. The van der Waals surface area contributed by atoms with Gasteiger partial charge in [0, 0.05) is 30.7 Å². The number of nitrogens with zero attached hydrogens (tertiary/aromatic N) is 2. The summed E-state index contributed by atoms with van der Waals surface area (Å²) >= 11 is 0. The lowest BCUT2D eigenvalue weighted by Gasteiger charge is -2.21. The molecule has 0 atom stereocenters. The Morgan fingerprint density at radius 2 is 2.16 bits per heavy atom. The second kappa shape index (κ2) is 5.23. The lowest BCUT2D eigenvalue weighted by molar-refractivity contribution is 0.184. The van der Waals surface area contributed by atoms with Crippen LogP contribution in [-0.4, -0.2) is 34.2 Å². The predicted octanol–water partition coefficient (Wildman–Crippen LogP) is 2.33. The van der Waals surface area contributed by atoms with Crippen LogP contribution >= 0.6 is 0 Å². The molecule has 0 amide bonds. The Hall–Kier alpha value is -1.52. The molecule has 2 aromatic rings. The number of aromatic nitrogens is 1. The molecule has 1 N–H and O–H groups in total. The van der Waals surface area contributed by atoms with E-state index in [-0.39, 0.29) is 12.4 Å². The molecule has 1 aliphatic carbocycles. The van der Waals surface area contributed by atoms with Crippen LogP contribution in [0.1, 0.15) is 18.4 Å². The Morgan fingerprint density at radius 1 is 1.32 bits per heavy atom. The van der Waals surface area contributed by atoms with Crippen LogP contribution in [0.2, 0.25) is 0 Å². The smallest absolute Gasteiger partial charge is 0.132 e. The first-order chi connectivity index (χ1) is 9.29. The van der Waals surface area contributed by atoms with Gasteiger partial charge in [-0.2, -0.15) is 0 Å². The van der Waals surface area contributed by atoms with Crippen molar-refractivity contribution < 1.29 is 9.50 Å². The van der Waals surface area contributed by atoms with Crippen LogP contribution in [0.3, 0.4) is 0 Å². The van der Waals surface area contributed by atoms with Crippen molar-refractivity contribution in [2.45, 2.75) is 25.4 Å². The van der Waals surface area contributed by atoms with Gasteiger partial charge in [-0.3, -0.25) is 9.88 Å². The molecule has 3 nitrogen and oxygen atoms in total. The SMILES string of the molecule is OCCN(Cc1ccc(F)c2cccnc12)C1CC1. The van der Waals surface area contributed by atoms with Crippen LogP contribution in [0.5, 0.6) is 0 Å². The molecule has 3 rings (SSSR count). The van der Waals surface area contributed by atoms with Gasteiger partial charge in [-0.15, -0.1) is 0 Å². The summed E-state index contributed by atoms with van der Waals surface area (Å²) in [6.07, 6.45) is 4.07. The van der Waals surface area contributed by atoms with E-state index in [1.165, 1.54) is 18.9 Å². The molecule has 100 valence electrons. The highest BCUT2D eigenvalue weighted by Gasteiger charge is 2.28. The summed E-state index contributed by atoms with van der Waals surface area (Å²) in [5, 5.41) is 9.70. The van der Waals surface area contributed by atoms with Crippen molar-refractivity contribution in [1.29, 1.82) is 0 Å². The first kappa shape index (κ1) is 12.5. The molecular formula is C15H17FN2O. The Kier molecular flexibility index (Phi) is 3.44. The third kappa shape index (κ3) is 2.60. The summed E-state index contributed by atoms with van der Waals surface area (Å²) in [4.78, 5) is 6.56. The van der Waals surface area contributed by atoms with Crippen molar-refractivity contribution in [3.8, 4) is 0 Å². The fourth-order valence-electron chi connectivity index (χ4n) is 2.50. The molecule has 1 aromatic carbocycles. The van der Waals surface area contributed by atoms with E-state index in [1.54, 1.807) is 24.4 Å². The highest BCUT2D eigenvalue weighted by Crippen LogP contribution is 2.29. The number of rotatable bonds is 5. The summed E-state index contributed by atoms with van der Waals surface area (Å²) in [5.41, 5.74) is 1.75. The average molecular weight is 260 g/mol. The van der Waals surface area contributed by atoms with E-state index >= 15 is 0 Å². The molecule has 1 aliphatic rings. The van der Waals surface area contributed by atoms with E-state index in [0.29, 0.717) is 18.0 Å². The second-order valence-corrected chi connectivity index (χ2v) is 5.03. The molecule has 1 fully saturated rings. The zero-order valence-corrected chi connectivity index (χ0v) is 10.7. The van der Waals surface area contributed by atoms with E-state index < -0.39 is 0 Å². The molecule has 0 spiro atoms. The number of halogens is 1. The van der Waals surface area contributed by atoms with Gasteiger partial charge in [-0.05, 0) is 36.6 Å². The number of pyridine rings is 1. The number of fused-ring (bicyclic) bond motifs is 1. The molecule has 0 bridgehead atoms. The Labute approximate surface area is 111 Å². The third-order valence-corrected chi connectivity index (χ3v) is 3.62. The molecule has 4 heteroatoms. The number of aliphatic hydroxyl groups excluding tert-OH is 1. The lowest BCUT2D eigenvalue weighted by atomic mass is 10.1. The summed E-state index contributed by atoms with van der Waals surface area (Å²) < 4.78 is 13.7.